The summed E-state index contributed by atoms with van der Waals surface area (Å²) in [7, 11) is -3.19. The van der Waals surface area contributed by atoms with Crippen LogP contribution in [0.5, 0.6) is 5.88 Å². The molecule has 4 rings (SSSR count). The highest BCUT2D eigenvalue weighted by Gasteiger charge is 2.41. The zero-order valence-electron chi connectivity index (χ0n) is 14.8. The molecular formula is C18H21N3O5S. The first-order valence-electron chi connectivity index (χ1n) is 8.96. The van der Waals surface area contributed by atoms with Crippen LogP contribution in [0.4, 0.5) is 0 Å². The third-order valence-electron chi connectivity index (χ3n) is 4.76. The van der Waals surface area contributed by atoms with Crippen LogP contribution in [0.2, 0.25) is 0 Å². The number of carbonyl (C=O) groups is 1. The standard InChI is InChI=1S/C18H21N3O5S/c22-18(20-8-10-21(11-9-20)27(23,24)15-6-7-15)16-12-17(19-26-16)25-13-14-4-2-1-3-5-14/h1-5,12,15H,6-11,13H2. The molecule has 144 valence electrons. The summed E-state index contributed by atoms with van der Waals surface area (Å²) < 4.78 is 36.7. The average Bonchev–Trinajstić information content (AvgIpc) is 3.46. The normalized spacial score (nSPS) is 18.4. The molecular weight excluding hydrogens is 370 g/mol. The fourth-order valence-corrected chi connectivity index (χ4v) is 4.86. The highest BCUT2D eigenvalue weighted by molar-refractivity contribution is 7.90. The van der Waals surface area contributed by atoms with Gasteiger partial charge in [0.25, 0.3) is 11.8 Å². The molecule has 1 aromatic carbocycles. The number of ether oxygens (including phenoxy) is 1. The largest absolute Gasteiger partial charge is 0.471 e. The van der Waals surface area contributed by atoms with E-state index in [1.807, 2.05) is 30.3 Å². The highest BCUT2D eigenvalue weighted by atomic mass is 32.2. The first-order valence-corrected chi connectivity index (χ1v) is 10.5. The molecule has 1 saturated carbocycles. The lowest BCUT2D eigenvalue weighted by atomic mass is 10.2. The SMILES string of the molecule is O=C(c1cc(OCc2ccccc2)no1)N1CCN(S(=O)(=O)C2CC2)CC1. The molecule has 1 saturated heterocycles. The number of rotatable bonds is 6. The first kappa shape index (κ1) is 18.0. The van der Waals surface area contributed by atoms with E-state index < -0.39 is 10.0 Å². The molecule has 1 aliphatic carbocycles. The Morgan fingerprint density at radius 3 is 2.52 bits per heavy atom. The van der Waals surface area contributed by atoms with Crippen molar-refractivity contribution in [3.05, 3.63) is 47.7 Å². The Morgan fingerprint density at radius 2 is 1.85 bits per heavy atom. The molecule has 1 amide bonds. The first-order chi connectivity index (χ1) is 13.0. The van der Waals surface area contributed by atoms with Gasteiger partial charge >= 0.3 is 0 Å². The van der Waals surface area contributed by atoms with Crippen LogP contribution < -0.4 is 4.74 Å². The van der Waals surface area contributed by atoms with E-state index in [-0.39, 0.29) is 22.8 Å². The van der Waals surface area contributed by atoms with E-state index in [1.54, 1.807) is 4.90 Å². The van der Waals surface area contributed by atoms with E-state index in [2.05, 4.69) is 5.16 Å². The Morgan fingerprint density at radius 1 is 1.15 bits per heavy atom. The van der Waals surface area contributed by atoms with Gasteiger partial charge in [0.1, 0.15) is 6.61 Å². The Hall–Kier alpha value is -2.39. The zero-order valence-corrected chi connectivity index (χ0v) is 15.6. The van der Waals surface area contributed by atoms with E-state index >= 15 is 0 Å². The van der Waals surface area contributed by atoms with Crippen molar-refractivity contribution in [3.63, 3.8) is 0 Å². The van der Waals surface area contributed by atoms with Crippen molar-refractivity contribution >= 4 is 15.9 Å². The van der Waals surface area contributed by atoms with Crippen molar-refractivity contribution in [1.82, 2.24) is 14.4 Å². The summed E-state index contributed by atoms with van der Waals surface area (Å²) in [6, 6.07) is 11.1. The number of nitrogens with zero attached hydrogens (tertiary/aromatic N) is 3. The van der Waals surface area contributed by atoms with Crippen molar-refractivity contribution in [1.29, 1.82) is 0 Å². The van der Waals surface area contributed by atoms with Crippen molar-refractivity contribution in [2.45, 2.75) is 24.7 Å². The Balaban J connectivity index is 1.32. The molecule has 2 aromatic rings. The second-order valence-corrected chi connectivity index (χ2v) is 8.95. The lowest BCUT2D eigenvalue weighted by Gasteiger charge is -2.33. The lowest BCUT2D eigenvalue weighted by molar-refractivity contribution is 0.0656. The second-order valence-electron chi connectivity index (χ2n) is 6.74. The predicted molar refractivity (Wildman–Crippen MR) is 96.7 cm³/mol. The Kier molecular flexibility index (Phi) is 4.88. The third kappa shape index (κ3) is 3.98. The maximum Gasteiger partial charge on any atom is 0.292 e. The van der Waals surface area contributed by atoms with Gasteiger partial charge in [-0.1, -0.05) is 30.3 Å². The van der Waals surface area contributed by atoms with E-state index in [9.17, 15) is 13.2 Å². The van der Waals surface area contributed by atoms with Gasteiger partial charge in [-0.25, -0.2) is 8.42 Å². The predicted octanol–water partition coefficient (Wildman–Crippen LogP) is 1.50. The molecule has 2 aliphatic rings. The summed E-state index contributed by atoms with van der Waals surface area (Å²) in [5.74, 6) is 0.0363. The van der Waals surface area contributed by atoms with E-state index in [0.717, 1.165) is 18.4 Å². The van der Waals surface area contributed by atoms with Gasteiger partial charge in [-0.05, 0) is 23.6 Å². The average molecular weight is 391 g/mol. The van der Waals surface area contributed by atoms with Crippen LogP contribution in [0.25, 0.3) is 0 Å². The van der Waals surface area contributed by atoms with Crippen LogP contribution in [0, 0.1) is 0 Å². The molecule has 2 fully saturated rings. The van der Waals surface area contributed by atoms with E-state index in [1.165, 1.54) is 10.4 Å². The van der Waals surface area contributed by atoms with Crippen molar-refractivity contribution in [3.8, 4) is 5.88 Å². The summed E-state index contributed by atoms with van der Waals surface area (Å²) >= 11 is 0. The number of hydrogen-bond donors (Lipinski definition) is 0. The van der Waals surface area contributed by atoms with Crippen LogP contribution in [-0.2, 0) is 16.6 Å². The number of aromatic nitrogens is 1. The number of sulfonamides is 1. The maximum atomic E-state index is 12.6. The van der Waals surface area contributed by atoms with Crippen LogP contribution in [0.3, 0.4) is 0 Å². The Labute approximate surface area is 157 Å². The van der Waals surface area contributed by atoms with Crippen LogP contribution in [-0.4, -0.2) is 60.1 Å². The summed E-state index contributed by atoms with van der Waals surface area (Å²) in [5.41, 5.74) is 0.987. The molecule has 0 N–H and O–H groups in total. The molecule has 0 atom stereocenters. The molecule has 0 bridgehead atoms. The smallest absolute Gasteiger partial charge is 0.292 e. The Bertz CT molecular complexity index is 900. The topological polar surface area (TPSA) is 92.9 Å². The monoisotopic (exact) mass is 391 g/mol. The van der Waals surface area contributed by atoms with Gasteiger partial charge in [0.15, 0.2) is 0 Å². The molecule has 2 heterocycles. The molecule has 0 radical (unpaired) electrons. The molecule has 0 unspecified atom stereocenters. The van der Waals surface area contributed by atoms with Gasteiger partial charge in [0.2, 0.25) is 15.8 Å². The van der Waals surface area contributed by atoms with Crippen molar-refractivity contribution in [2.24, 2.45) is 0 Å². The minimum absolute atomic E-state index is 0.0940. The van der Waals surface area contributed by atoms with Gasteiger partial charge in [-0.3, -0.25) is 4.79 Å². The number of carbonyl (C=O) groups excluding carboxylic acids is 1. The lowest BCUT2D eigenvalue weighted by Crippen LogP contribution is -2.51. The van der Waals surface area contributed by atoms with Crippen molar-refractivity contribution < 1.29 is 22.5 Å². The number of hydrogen-bond acceptors (Lipinski definition) is 6. The van der Waals surface area contributed by atoms with Gasteiger partial charge in [0.05, 0.1) is 11.3 Å². The number of piperazine rings is 1. The van der Waals surface area contributed by atoms with Crippen LogP contribution >= 0.6 is 0 Å². The van der Waals surface area contributed by atoms with Gasteiger partial charge in [-0.2, -0.15) is 4.31 Å². The highest BCUT2D eigenvalue weighted by Crippen LogP contribution is 2.31. The number of amides is 1. The molecule has 27 heavy (non-hydrogen) atoms. The molecule has 0 spiro atoms. The fourth-order valence-electron chi connectivity index (χ4n) is 3.04. The summed E-state index contributed by atoms with van der Waals surface area (Å²) in [6.45, 7) is 1.64. The van der Waals surface area contributed by atoms with Gasteiger partial charge in [-0.15, -0.1) is 0 Å². The van der Waals surface area contributed by atoms with Crippen LogP contribution in [0.1, 0.15) is 29.0 Å². The molecule has 8 nitrogen and oxygen atoms in total. The molecule has 1 aromatic heterocycles. The van der Waals surface area contributed by atoms with Gasteiger partial charge < -0.3 is 14.2 Å². The van der Waals surface area contributed by atoms with Gasteiger partial charge in [0, 0.05) is 26.2 Å². The van der Waals surface area contributed by atoms with Crippen molar-refractivity contribution in [2.75, 3.05) is 26.2 Å². The van der Waals surface area contributed by atoms with E-state index in [0.29, 0.717) is 32.8 Å². The summed E-state index contributed by atoms with van der Waals surface area (Å²) in [5, 5.41) is 3.56. The van der Waals surface area contributed by atoms with E-state index in [4.69, 9.17) is 9.26 Å². The summed E-state index contributed by atoms with van der Waals surface area (Å²) in [4.78, 5) is 14.1. The fraction of sp³-hybridized carbons (Fsp3) is 0.444. The zero-order chi connectivity index (χ0) is 18.9. The second kappa shape index (κ2) is 7.32. The summed E-state index contributed by atoms with van der Waals surface area (Å²) in [6.07, 6.45) is 1.48. The molecule has 1 aliphatic heterocycles. The molecule has 9 heteroatoms. The minimum Gasteiger partial charge on any atom is -0.471 e. The third-order valence-corrected chi connectivity index (χ3v) is 7.16. The quantitative estimate of drug-likeness (QED) is 0.741. The van der Waals surface area contributed by atoms with Crippen LogP contribution in [0.15, 0.2) is 40.9 Å². The minimum atomic E-state index is -3.19. The maximum absolute atomic E-state index is 12.6. The number of benzene rings is 1.